The Bertz CT molecular complexity index is 810. The van der Waals surface area contributed by atoms with E-state index in [0.29, 0.717) is 11.4 Å². The van der Waals surface area contributed by atoms with Crippen LogP contribution < -0.4 is 10.1 Å². The van der Waals surface area contributed by atoms with E-state index in [1.54, 1.807) is 43.9 Å². The molecular weight excluding hydrogens is 302 g/mol. The van der Waals surface area contributed by atoms with E-state index in [2.05, 4.69) is 10.3 Å². The molecule has 24 heavy (non-hydrogen) atoms. The zero-order chi connectivity index (χ0) is 16.9. The van der Waals surface area contributed by atoms with Gasteiger partial charge in [-0.3, -0.25) is 4.79 Å². The maximum atomic E-state index is 12.6. The number of ether oxygens (including phenoxy) is 1. The second-order valence-corrected chi connectivity index (χ2v) is 5.46. The molecule has 0 unspecified atom stereocenters. The average Bonchev–Trinajstić information content (AvgIpc) is 3.12. The predicted octanol–water partition coefficient (Wildman–Crippen LogP) is 3.75. The summed E-state index contributed by atoms with van der Waals surface area (Å²) in [5, 5.41) is 2.89. The van der Waals surface area contributed by atoms with Crippen LogP contribution >= 0.6 is 0 Å². The highest BCUT2D eigenvalue weighted by molar-refractivity contribution is 6.03. The normalized spacial score (nSPS) is 11.8. The van der Waals surface area contributed by atoms with Gasteiger partial charge >= 0.3 is 0 Å². The first-order valence-corrected chi connectivity index (χ1v) is 7.71. The van der Waals surface area contributed by atoms with Crippen LogP contribution in [0.25, 0.3) is 0 Å². The van der Waals surface area contributed by atoms with Crippen LogP contribution in [0.15, 0.2) is 67.1 Å². The smallest absolute Gasteiger partial charge is 0.273 e. The summed E-state index contributed by atoms with van der Waals surface area (Å²) in [5.74, 6) is 0.552. The van der Waals surface area contributed by atoms with Crippen LogP contribution in [0.3, 0.4) is 0 Å². The molecule has 1 N–H and O–H groups in total. The summed E-state index contributed by atoms with van der Waals surface area (Å²) in [5.41, 5.74) is 2.34. The lowest BCUT2D eigenvalue weighted by Gasteiger charge is -2.16. The number of anilines is 1. The number of methoxy groups -OCH3 is 1. The van der Waals surface area contributed by atoms with Crippen LogP contribution in [0, 0.1) is 0 Å². The first-order valence-electron chi connectivity index (χ1n) is 7.71. The van der Waals surface area contributed by atoms with Crippen molar-refractivity contribution in [2.75, 3.05) is 12.4 Å². The van der Waals surface area contributed by atoms with Crippen molar-refractivity contribution < 1.29 is 9.53 Å². The molecule has 2 aromatic carbocycles. The fourth-order valence-corrected chi connectivity index (χ4v) is 2.55. The van der Waals surface area contributed by atoms with Gasteiger partial charge in [-0.15, -0.1) is 0 Å². The second kappa shape index (κ2) is 7.00. The summed E-state index contributed by atoms with van der Waals surface area (Å²) in [6, 6.07) is 17.3. The topological polar surface area (TPSA) is 56.1 Å². The van der Waals surface area contributed by atoms with Crippen LogP contribution in [0.1, 0.15) is 29.0 Å². The number of carbonyl (C=O) groups excluding carboxylic acids is 1. The number of carbonyl (C=O) groups is 1. The lowest BCUT2D eigenvalue weighted by atomic mass is 10.1. The van der Waals surface area contributed by atoms with Gasteiger partial charge in [0.25, 0.3) is 5.91 Å². The van der Waals surface area contributed by atoms with E-state index >= 15 is 0 Å². The Hall–Kier alpha value is -3.08. The highest BCUT2D eigenvalue weighted by Gasteiger charge is 2.17. The fourth-order valence-electron chi connectivity index (χ4n) is 2.55. The highest BCUT2D eigenvalue weighted by atomic mass is 16.5. The van der Waals surface area contributed by atoms with Crippen molar-refractivity contribution in [3.63, 3.8) is 0 Å². The number of nitrogens with zero attached hydrogens (tertiary/aromatic N) is 2. The Labute approximate surface area is 140 Å². The number of hydrogen-bond donors (Lipinski definition) is 1. The van der Waals surface area contributed by atoms with Crippen LogP contribution in [0.5, 0.6) is 5.75 Å². The molecule has 0 radical (unpaired) electrons. The van der Waals surface area contributed by atoms with Crippen LogP contribution in [0.4, 0.5) is 5.69 Å². The van der Waals surface area contributed by atoms with Gasteiger partial charge in [-0.1, -0.05) is 30.3 Å². The number of imidazole rings is 1. The molecule has 0 aliphatic carbocycles. The molecule has 0 aliphatic rings. The molecule has 0 saturated heterocycles. The van der Waals surface area contributed by atoms with Crippen molar-refractivity contribution in [1.82, 2.24) is 9.55 Å². The minimum Gasteiger partial charge on any atom is -0.497 e. The standard InChI is InChI=1S/C19H19N3O2/c1-14(15-6-4-3-5-7-15)22-13-20-12-18(22)19(23)21-16-8-10-17(24-2)11-9-16/h3-14H,1-2H3,(H,21,23)/t14-/m1/s1. The van der Waals surface area contributed by atoms with Gasteiger partial charge in [0.2, 0.25) is 0 Å². The van der Waals surface area contributed by atoms with Crippen LogP contribution in [-0.4, -0.2) is 22.6 Å². The number of benzene rings is 2. The third-order valence-electron chi connectivity index (χ3n) is 3.95. The van der Waals surface area contributed by atoms with E-state index in [1.807, 2.05) is 41.8 Å². The molecular formula is C19H19N3O2. The largest absolute Gasteiger partial charge is 0.497 e. The maximum Gasteiger partial charge on any atom is 0.273 e. The molecule has 0 saturated carbocycles. The Kier molecular flexibility index (Phi) is 4.61. The van der Waals surface area contributed by atoms with Crippen molar-refractivity contribution in [2.45, 2.75) is 13.0 Å². The zero-order valence-electron chi connectivity index (χ0n) is 13.6. The minimum absolute atomic E-state index is 0.0188. The van der Waals surface area contributed by atoms with E-state index in [1.165, 1.54) is 0 Å². The highest BCUT2D eigenvalue weighted by Crippen LogP contribution is 2.21. The molecule has 0 spiro atoms. The summed E-state index contributed by atoms with van der Waals surface area (Å²) in [4.78, 5) is 16.7. The predicted molar refractivity (Wildman–Crippen MR) is 93.4 cm³/mol. The van der Waals surface area contributed by atoms with Gasteiger partial charge in [-0.05, 0) is 36.8 Å². The number of aromatic nitrogens is 2. The van der Waals surface area contributed by atoms with Crippen molar-refractivity contribution in [1.29, 1.82) is 0 Å². The first kappa shape index (κ1) is 15.8. The van der Waals surface area contributed by atoms with Gasteiger partial charge < -0.3 is 14.6 Å². The van der Waals surface area contributed by atoms with Crippen molar-refractivity contribution in [2.24, 2.45) is 0 Å². The summed E-state index contributed by atoms with van der Waals surface area (Å²) < 4.78 is 6.99. The van der Waals surface area contributed by atoms with Gasteiger partial charge in [0.15, 0.2) is 0 Å². The van der Waals surface area contributed by atoms with Gasteiger partial charge in [-0.2, -0.15) is 0 Å². The molecule has 1 aromatic heterocycles. The SMILES string of the molecule is COc1ccc(NC(=O)c2cncn2[C@H](C)c2ccccc2)cc1. The van der Waals surface area contributed by atoms with E-state index in [4.69, 9.17) is 4.74 Å². The van der Waals surface area contributed by atoms with E-state index in [0.717, 1.165) is 11.3 Å². The summed E-state index contributed by atoms with van der Waals surface area (Å²) >= 11 is 0. The zero-order valence-corrected chi connectivity index (χ0v) is 13.6. The lowest BCUT2D eigenvalue weighted by molar-refractivity contribution is 0.101. The Balaban J connectivity index is 1.80. The molecule has 3 aromatic rings. The van der Waals surface area contributed by atoms with Gasteiger partial charge in [0.1, 0.15) is 11.4 Å². The maximum absolute atomic E-state index is 12.6. The number of amides is 1. The number of nitrogens with one attached hydrogen (secondary N) is 1. The number of rotatable bonds is 5. The van der Waals surface area contributed by atoms with Gasteiger partial charge in [0, 0.05) is 5.69 Å². The minimum atomic E-state index is -0.194. The molecule has 5 nitrogen and oxygen atoms in total. The molecule has 122 valence electrons. The Morgan fingerprint density at radius 1 is 1.12 bits per heavy atom. The molecule has 0 bridgehead atoms. The van der Waals surface area contributed by atoms with E-state index in [9.17, 15) is 4.79 Å². The third kappa shape index (κ3) is 3.30. The van der Waals surface area contributed by atoms with Gasteiger partial charge in [0.05, 0.1) is 25.7 Å². The quantitative estimate of drug-likeness (QED) is 0.778. The van der Waals surface area contributed by atoms with Crippen molar-refractivity contribution in [3.05, 3.63) is 78.4 Å². The first-order chi connectivity index (χ1) is 11.7. The molecule has 0 fully saturated rings. The van der Waals surface area contributed by atoms with Crippen LogP contribution in [0.2, 0.25) is 0 Å². The lowest BCUT2D eigenvalue weighted by Crippen LogP contribution is -2.19. The summed E-state index contributed by atoms with van der Waals surface area (Å²) in [7, 11) is 1.61. The molecule has 1 heterocycles. The van der Waals surface area contributed by atoms with E-state index < -0.39 is 0 Å². The Morgan fingerprint density at radius 3 is 2.50 bits per heavy atom. The average molecular weight is 321 g/mol. The summed E-state index contributed by atoms with van der Waals surface area (Å²) in [6.45, 7) is 2.04. The molecule has 3 rings (SSSR count). The monoisotopic (exact) mass is 321 g/mol. The molecule has 0 aliphatic heterocycles. The Morgan fingerprint density at radius 2 is 1.83 bits per heavy atom. The fraction of sp³-hybridized carbons (Fsp3) is 0.158. The van der Waals surface area contributed by atoms with Crippen molar-refractivity contribution >= 4 is 11.6 Å². The molecule has 1 amide bonds. The second-order valence-electron chi connectivity index (χ2n) is 5.46. The van der Waals surface area contributed by atoms with Crippen molar-refractivity contribution in [3.8, 4) is 5.75 Å². The molecule has 1 atom stereocenters. The number of hydrogen-bond acceptors (Lipinski definition) is 3. The van der Waals surface area contributed by atoms with Gasteiger partial charge in [-0.25, -0.2) is 4.98 Å². The molecule has 5 heteroatoms. The third-order valence-corrected chi connectivity index (χ3v) is 3.95. The summed E-state index contributed by atoms with van der Waals surface area (Å²) in [6.07, 6.45) is 3.26. The van der Waals surface area contributed by atoms with Crippen LogP contribution in [-0.2, 0) is 0 Å². The van der Waals surface area contributed by atoms with E-state index in [-0.39, 0.29) is 11.9 Å².